The van der Waals surface area contributed by atoms with Crippen LogP contribution in [0.2, 0.25) is 0 Å². The number of halogens is 1. The molecule has 0 spiro atoms. The molecule has 1 atom stereocenters. The van der Waals surface area contributed by atoms with Crippen LogP contribution in [0.3, 0.4) is 0 Å². The lowest BCUT2D eigenvalue weighted by molar-refractivity contribution is -0.117. The zero-order chi connectivity index (χ0) is 16.2. The zero-order valence-corrected chi connectivity index (χ0v) is 12.6. The maximum Gasteiger partial charge on any atom is 0.242 e. The van der Waals surface area contributed by atoms with Gasteiger partial charge >= 0.3 is 0 Å². The van der Waals surface area contributed by atoms with E-state index in [1.165, 1.54) is 43.3 Å². The number of sulfonamides is 1. The number of nitrogens with one attached hydrogen (secondary N) is 2. The second-order valence-electron chi connectivity index (χ2n) is 4.65. The Morgan fingerprint density at radius 3 is 2.23 bits per heavy atom. The van der Waals surface area contributed by atoms with Crippen LogP contribution < -0.4 is 10.0 Å². The molecule has 0 aliphatic carbocycles. The topological polar surface area (TPSA) is 75.3 Å². The van der Waals surface area contributed by atoms with E-state index >= 15 is 0 Å². The average molecular weight is 322 g/mol. The molecule has 0 aromatic heterocycles. The Labute approximate surface area is 128 Å². The first kappa shape index (κ1) is 16.1. The van der Waals surface area contributed by atoms with Crippen molar-refractivity contribution < 1.29 is 17.6 Å². The van der Waals surface area contributed by atoms with Crippen LogP contribution in [0.5, 0.6) is 0 Å². The van der Waals surface area contributed by atoms with E-state index in [0.717, 1.165) is 0 Å². The molecular weight excluding hydrogens is 307 g/mol. The molecule has 0 radical (unpaired) electrons. The molecule has 2 aromatic carbocycles. The molecule has 116 valence electrons. The quantitative estimate of drug-likeness (QED) is 0.885. The van der Waals surface area contributed by atoms with Crippen molar-refractivity contribution in [3.8, 4) is 0 Å². The normalized spacial score (nSPS) is 12.6. The predicted octanol–water partition coefficient (Wildman–Crippen LogP) is 2.13. The minimum atomic E-state index is -3.77. The molecule has 5 nitrogen and oxygen atoms in total. The van der Waals surface area contributed by atoms with Crippen LogP contribution in [0.4, 0.5) is 10.1 Å². The Balaban J connectivity index is 2.04. The third-order valence-electron chi connectivity index (χ3n) is 2.89. The van der Waals surface area contributed by atoms with Gasteiger partial charge in [-0.2, -0.15) is 4.72 Å². The molecule has 0 aliphatic rings. The van der Waals surface area contributed by atoms with Gasteiger partial charge in [-0.15, -0.1) is 0 Å². The van der Waals surface area contributed by atoms with Crippen molar-refractivity contribution in [1.82, 2.24) is 4.72 Å². The number of carbonyl (C=O) groups excluding carboxylic acids is 1. The summed E-state index contributed by atoms with van der Waals surface area (Å²) >= 11 is 0. The average Bonchev–Trinajstić information content (AvgIpc) is 2.50. The van der Waals surface area contributed by atoms with Crippen LogP contribution in [-0.2, 0) is 14.8 Å². The van der Waals surface area contributed by atoms with E-state index in [-0.39, 0.29) is 4.90 Å². The second-order valence-corrected chi connectivity index (χ2v) is 6.37. The van der Waals surface area contributed by atoms with Crippen molar-refractivity contribution in [1.29, 1.82) is 0 Å². The maximum absolute atomic E-state index is 12.8. The summed E-state index contributed by atoms with van der Waals surface area (Å²) in [6.45, 7) is 1.43. The molecule has 0 fully saturated rings. The van der Waals surface area contributed by atoms with Crippen LogP contribution in [0.1, 0.15) is 6.92 Å². The Morgan fingerprint density at radius 2 is 1.64 bits per heavy atom. The van der Waals surface area contributed by atoms with Crippen molar-refractivity contribution in [2.45, 2.75) is 17.9 Å². The summed E-state index contributed by atoms with van der Waals surface area (Å²) in [5.41, 5.74) is 0.386. The number of hydrogen-bond donors (Lipinski definition) is 2. The maximum atomic E-state index is 12.8. The molecule has 2 rings (SSSR count). The standard InChI is InChI=1S/C15H15FN2O3S/c1-11(15(19)17-13-9-7-12(16)8-10-13)18-22(20,21)14-5-3-2-4-6-14/h2-11,18H,1H3,(H,17,19)/t11-/m1/s1. The summed E-state index contributed by atoms with van der Waals surface area (Å²) in [6, 6.07) is 12.0. The van der Waals surface area contributed by atoms with Crippen molar-refractivity contribution in [2.24, 2.45) is 0 Å². The van der Waals surface area contributed by atoms with Gasteiger partial charge in [0.2, 0.25) is 15.9 Å². The number of hydrogen-bond acceptors (Lipinski definition) is 3. The Kier molecular flexibility index (Phi) is 4.89. The highest BCUT2D eigenvalue weighted by Gasteiger charge is 2.21. The van der Waals surface area contributed by atoms with Gasteiger partial charge in [-0.25, -0.2) is 12.8 Å². The summed E-state index contributed by atoms with van der Waals surface area (Å²) in [5, 5.41) is 2.51. The molecule has 2 N–H and O–H groups in total. The highest BCUT2D eigenvalue weighted by atomic mass is 32.2. The number of amides is 1. The monoisotopic (exact) mass is 322 g/mol. The molecule has 0 bridgehead atoms. The molecular formula is C15H15FN2O3S. The minimum absolute atomic E-state index is 0.0800. The Morgan fingerprint density at radius 1 is 1.05 bits per heavy atom. The fourth-order valence-electron chi connectivity index (χ4n) is 1.74. The largest absolute Gasteiger partial charge is 0.325 e. The zero-order valence-electron chi connectivity index (χ0n) is 11.8. The van der Waals surface area contributed by atoms with Gasteiger partial charge in [0, 0.05) is 5.69 Å². The molecule has 0 saturated carbocycles. The predicted molar refractivity (Wildman–Crippen MR) is 81.3 cm³/mol. The summed E-state index contributed by atoms with van der Waals surface area (Å²) in [5.74, 6) is -0.957. The van der Waals surface area contributed by atoms with E-state index in [0.29, 0.717) is 5.69 Å². The fourth-order valence-corrected chi connectivity index (χ4v) is 2.96. The van der Waals surface area contributed by atoms with Crippen LogP contribution >= 0.6 is 0 Å². The molecule has 1 amide bonds. The number of carbonyl (C=O) groups is 1. The summed E-state index contributed by atoms with van der Waals surface area (Å²) in [6.07, 6.45) is 0. The van der Waals surface area contributed by atoms with Crippen molar-refractivity contribution >= 4 is 21.6 Å². The minimum Gasteiger partial charge on any atom is -0.325 e. The van der Waals surface area contributed by atoms with E-state index < -0.39 is 27.8 Å². The van der Waals surface area contributed by atoms with Gasteiger partial charge in [0.25, 0.3) is 0 Å². The molecule has 0 unspecified atom stereocenters. The van der Waals surface area contributed by atoms with Crippen LogP contribution in [0, 0.1) is 5.82 Å². The molecule has 0 aliphatic heterocycles. The Bertz CT molecular complexity index is 746. The third kappa shape index (κ3) is 4.12. The molecule has 22 heavy (non-hydrogen) atoms. The van der Waals surface area contributed by atoms with Gasteiger partial charge in [-0.1, -0.05) is 18.2 Å². The number of benzene rings is 2. The van der Waals surface area contributed by atoms with E-state index in [9.17, 15) is 17.6 Å². The second kappa shape index (κ2) is 6.67. The highest BCUT2D eigenvalue weighted by molar-refractivity contribution is 7.89. The fraction of sp³-hybridized carbons (Fsp3) is 0.133. The van der Waals surface area contributed by atoms with E-state index in [1.54, 1.807) is 18.2 Å². The van der Waals surface area contributed by atoms with Gasteiger partial charge in [-0.05, 0) is 43.3 Å². The molecule has 0 heterocycles. The van der Waals surface area contributed by atoms with Crippen molar-refractivity contribution in [2.75, 3.05) is 5.32 Å². The lowest BCUT2D eigenvalue weighted by Gasteiger charge is -2.14. The first-order chi connectivity index (χ1) is 10.4. The Hall–Kier alpha value is -2.25. The van der Waals surface area contributed by atoms with Crippen LogP contribution in [0.15, 0.2) is 59.5 Å². The SMILES string of the molecule is C[C@@H](NS(=O)(=O)c1ccccc1)C(=O)Nc1ccc(F)cc1. The molecule has 7 heteroatoms. The number of anilines is 1. The first-order valence-corrected chi connectivity index (χ1v) is 8.00. The van der Waals surface area contributed by atoms with E-state index in [1.807, 2.05) is 0 Å². The number of rotatable bonds is 5. The van der Waals surface area contributed by atoms with Gasteiger partial charge in [0.1, 0.15) is 5.82 Å². The smallest absolute Gasteiger partial charge is 0.242 e. The van der Waals surface area contributed by atoms with Gasteiger partial charge < -0.3 is 5.32 Å². The lowest BCUT2D eigenvalue weighted by atomic mass is 10.3. The van der Waals surface area contributed by atoms with Crippen LogP contribution in [-0.4, -0.2) is 20.4 Å². The third-order valence-corrected chi connectivity index (χ3v) is 4.45. The van der Waals surface area contributed by atoms with Gasteiger partial charge in [-0.3, -0.25) is 4.79 Å². The lowest BCUT2D eigenvalue weighted by Crippen LogP contribution is -2.41. The summed E-state index contributed by atoms with van der Waals surface area (Å²) < 4.78 is 39.3. The molecule has 0 saturated heterocycles. The van der Waals surface area contributed by atoms with Crippen molar-refractivity contribution in [3.05, 3.63) is 60.4 Å². The first-order valence-electron chi connectivity index (χ1n) is 6.52. The summed E-state index contributed by atoms with van der Waals surface area (Å²) in [7, 11) is -3.77. The highest BCUT2D eigenvalue weighted by Crippen LogP contribution is 2.11. The summed E-state index contributed by atoms with van der Waals surface area (Å²) in [4.78, 5) is 12.1. The molecule has 2 aromatic rings. The van der Waals surface area contributed by atoms with Gasteiger partial charge in [0.05, 0.1) is 10.9 Å². The van der Waals surface area contributed by atoms with Crippen molar-refractivity contribution in [3.63, 3.8) is 0 Å². The van der Waals surface area contributed by atoms with Gasteiger partial charge in [0.15, 0.2) is 0 Å². The van der Waals surface area contributed by atoms with E-state index in [2.05, 4.69) is 10.0 Å². The van der Waals surface area contributed by atoms with E-state index in [4.69, 9.17) is 0 Å². The van der Waals surface area contributed by atoms with Crippen LogP contribution in [0.25, 0.3) is 0 Å².